The smallest absolute Gasteiger partial charge is 0.133 e. The third kappa shape index (κ3) is 3.13. The van der Waals surface area contributed by atoms with Gasteiger partial charge in [-0.3, -0.25) is 4.79 Å². The molecule has 0 aromatic heterocycles. The van der Waals surface area contributed by atoms with Crippen LogP contribution in [-0.4, -0.2) is 5.78 Å². The van der Waals surface area contributed by atoms with Crippen LogP contribution in [0.15, 0.2) is 23.3 Å². The maximum absolute atomic E-state index is 10.9. The van der Waals surface area contributed by atoms with E-state index in [1.807, 2.05) is 0 Å². The summed E-state index contributed by atoms with van der Waals surface area (Å²) in [4.78, 5) is 10.9. The molecule has 1 nitrogen and oxygen atoms in total. The minimum absolute atomic E-state index is 0.275. The first-order chi connectivity index (χ1) is 6.63. The molecule has 0 saturated heterocycles. The van der Waals surface area contributed by atoms with E-state index in [0.29, 0.717) is 12.3 Å². The van der Waals surface area contributed by atoms with Crippen LogP contribution >= 0.6 is 0 Å². The third-order valence-corrected chi connectivity index (χ3v) is 2.99. The van der Waals surface area contributed by atoms with Crippen LogP contribution in [0.25, 0.3) is 0 Å². The van der Waals surface area contributed by atoms with Crippen molar-refractivity contribution in [2.45, 2.75) is 46.5 Å². The number of Topliss-reactive ketones (excluding diaryl/α,β-unsaturated/α-hetero) is 1. The molecule has 14 heavy (non-hydrogen) atoms. The fraction of sp³-hybridized carbons (Fsp3) is 0.615. The van der Waals surface area contributed by atoms with Crippen molar-refractivity contribution in [3.8, 4) is 0 Å². The molecule has 1 aliphatic carbocycles. The van der Waals surface area contributed by atoms with Crippen molar-refractivity contribution in [2.75, 3.05) is 0 Å². The predicted molar refractivity (Wildman–Crippen MR) is 60.2 cm³/mol. The Hall–Kier alpha value is -0.850. The number of ketones is 1. The lowest BCUT2D eigenvalue weighted by Gasteiger charge is -2.18. The summed E-state index contributed by atoms with van der Waals surface area (Å²) in [7, 11) is 0. The molecule has 78 valence electrons. The van der Waals surface area contributed by atoms with Crippen molar-refractivity contribution in [1.29, 1.82) is 0 Å². The van der Waals surface area contributed by atoms with Gasteiger partial charge in [-0.25, -0.2) is 0 Å². The molecule has 1 heteroatoms. The monoisotopic (exact) mass is 192 g/mol. The molecule has 0 heterocycles. The Labute approximate surface area is 86.9 Å². The van der Waals surface area contributed by atoms with E-state index in [1.165, 1.54) is 12.0 Å². The Morgan fingerprint density at radius 3 is 2.57 bits per heavy atom. The number of hydrogen-bond acceptors (Lipinski definition) is 1. The van der Waals surface area contributed by atoms with Crippen LogP contribution < -0.4 is 0 Å². The summed E-state index contributed by atoms with van der Waals surface area (Å²) in [6, 6.07) is 0. The standard InChI is InChI=1S/C13H20O/c1-4-10(2)13-7-5-12(6-8-13)9-11(3)14/h5,7,10H,4,6,8-9H2,1-3H3. The van der Waals surface area contributed by atoms with E-state index in [0.717, 1.165) is 12.8 Å². The number of carbonyl (C=O) groups excluding carboxylic acids is 1. The largest absolute Gasteiger partial charge is 0.300 e. The first kappa shape index (κ1) is 11.2. The average molecular weight is 192 g/mol. The van der Waals surface area contributed by atoms with Crippen LogP contribution in [0.5, 0.6) is 0 Å². The lowest BCUT2D eigenvalue weighted by molar-refractivity contribution is -0.116. The molecule has 1 aliphatic rings. The highest BCUT2D eigenvalue weighted by molar-refractivity contribution is 5.78. The molecule has 0 amide bonds. The molecular weight excluding hydrogens is 172 g/mol. The Bertz CT molecular complexity index is 271. The second kappa shape index (κ2) is 5.14. The Balaban J connectivity index is 2.59. The Morgan fingerprint density at radius 2 is 2.14 bits per heavy atom. The Kier molecular flexibility index (Phi) is 4.12. The molecule has 1 rings (SSSR count). The molecule has 0 bridgehead atoms. The fourth-order valence-electron chi connectivity index (χ4n) is 1.84. The molecule has 0 spiro atoms. The van der Waals surface area contributed by atoms with E-state index < -0.39 is 0 Å². The summed E-state index contributed by atoms with van der Waals surface area (Å²) in [5.41, 5.74) is 2.84. The van der Waals surface area contributed by atoms with Crippen LogP contribution in [-0.2, 0) is 4.79 Å². The molecular formula is C13H20O. The van der Waals surface area contributed by atoms with Gasteiger partial charge in [-0.15, -0.1) is 0 Å². The lowest BCUT2D eigenvalue weighted by atomic mass is 9.87. The SMILES string of the molecule is CCC(C)C1=CC=C(CC(C)=O)CC1. The summed E-state index contributed by atoms with van der Waals surface area (Å²) in [6.45, 7) is 6.16. The molecule has 0 aliphatic heterocycles. The van der Waals surface area contributed by atoms with Crippen molar-refractivity contribution in [1.82, 2.24) is 0 Å². The first-order valence-electron chi connectivity index (χ1n) is 5.51. The van der Waals surface area contributed by atoms with Gasteiger partial charge in [0.15, 0.2) is 0 Å². The number of allylic oxidation sites excluding steroid dienone is 4. The van der Waals surface area contributed by atoms with E-state index in [9.17, 15) is 4.79 Å². The lowest BCUT2D eigenvalue weighted by Crippen LogP contribution is -2.03. The molecule has 1 atom stereocenters. The molecule has 0 fully saturated rings. The second-order valence-corrected chi connectivity index (χ2v) is 4.25. The molecule has 0 aromatic rings. The summed E-state index contributed by atoms with van der Waals surface area (Å²) in [6.07, 6.45) is 8.44. The van der Waals surface area contributed by atoms with Crippen molar-refractivity contribution >= 4 is 5.78 Å². The summed E-state index contributed by atoms with van der Waals surface area (Å²) < 4.78 is 0. The van der Waals surface area contributed by atoms with Gasteiger partial charge in [-0.05, 0) is 32.1 Å². The first-order valence-corrected chi connectivity index (χ1v) is 5.51. The minimum atomic E-state index is 0.275. The number of hydrogen-bond donors (Lipinski definition) is 0. The van der Waals surface area contributed by atoms with Crippen molar-refractivity contribution in [3.63, 3.8) is 0 Å². The summed E-state index contributed by atoms with van der Waals surface area (Å²) >= 11 is 0. The second-order valence-electron chi connectivity index (χ2n) is 4.25. The third-order valence-electron chi connectivity index (χ3n) is 2.99. The molecule has 0 aromatic carbocycles. The molecule has 1 unspecified atom stereocenters. The zero-order valence-corrected chi connectivity index (χ0v) is 9.47. The van der Waals surface area contributed by atoms with Crippen LogP contribution in [0.1, 0.15) is 46.5 Å². The molecule has 0 saturated carbocycles. The van der Waals surface area contributed by atoms with E-state index in [-0.39, 0.29) is 5.78 Å². The minimum Gasteiger partial charge on any atom is -0.300 e. The van der Waals surface area contributed by atoms with Gasteiger partial charge in [0, 0.05) is 6.42 Å². The van der Waals surface area contributed by atoms with Gasteiger partial charge in [0.25, 0.3) is 0 Å². The average Bonchev–Trinajstić information content (AvgIpc) is 2.17. The van der Waals surface area contributed by atoms with Gasteiger partial charge in [-0.1, -0.05) is 37.1 Å². The highest BCUT2D eigenvalue weighted by Crippen LogP contribution is 2.27. The number of carbonyl (C=O) groups is 1. The summed E-state index contributed by atoms with van der Waals surface area (Å²) in [5.74, 6) is 0.974. The summed E-state index contributed by atoms with van der Waals surface area (Å²) in [5, 5.41) is 0. The van der Waals surface area contributed by atoms with E-state index in [2.05, 4.69) is 26.0 Å². The van der Waals surface area contributed by atoms with E-state index in [1.54, 1.807) is 12.5 Å². The van der Waals surface area contributed by atoms with Crippen LogP contribution in [0.4, 0.5) is 0 Å². The zero-order chi connectivity index (χ0) is 10.6. The normalized spacial score (nSPS) is 18.5. The quantitative estimate of drug-likeness (QED) is 0.664. The fourth-order valence-corrected chi connectivity index (χ4v) is 1.84. The predicted octanol–water partition coefficient (Wildman–Crippen LogP) is 3.66. The van der Waals surface area contributed by atoms with Crippen molar-refractivity contribution in [2.24, 2.45) is 5.92 Å². The Morgan fingerprint density at radius 1 is 1.43 bits per heavy atom. The molecule has 0 radical (unpaired) electrons. The van der Waals surface area contributed by atoms with Gasteiger partial charge < -0.3 is 0 Å². The van der Waals surface area contributed by atoms with Crippen LogP contribution in [0.2, 0.25) is 0 Å². The van der Waals surface area contributed by atoms with Gasteiger partial charge in [0.2, 0.25) is 0 Å². The van der Waals surface area contributed by atoms with Gasteiger partial charge in [0.05, 0.1) is 0 Å². The van der Waals surface area contributed by atoms with Gasteiger partial charge in [-0.2, -0.15) is 0 Å². The molecule has 0 N–H and O–H groups in total. The highest BCUT2D eigenvalue weighted by Gasteiger charge is 2.11. The van der Waals surface area contributed by atoms with Crippen molar-refractivity contribution < 1.29 is 4.79 Å². The van der Waals surface area contributed by atoms with Gasteiger partial charge in [0.1, 0.15) is 5.78 Å². The van der Waals surface area contributed by atoms with E-state index in [4.69, 9.17) is 0 Å². The van der Waals surface area contributed by atoms with Crippen LogP contribution in [0, 0.1) is 5.92 Å². The maximum atomic E-state index is 10.9. The zero-order valence-electron chi connectivity index (χ0n) is 9.47. The van der Waals surface area contributed by atoms with Gasteiger partial charge >= 0.3 is 0 Å². The highest BCUT2D eigenvalue weighted by atomic mass is 16.1. The van der Waals surface area contributed by atoms with Crippen molar-refractivity contribution in [3.05, 3.63) is 23.3 Å². The van der Waals surface area contributed by atoms with Crippen LogP contribution in [0.3, 0.4) is 0 Å². The maximum Gasteiger partial charge on any atom is 0.133 e. The van der Waals surface area contributed by atoms with E-state index >= 15 is 0 Å². The number of rotatable bonds is 4. The topological polar surface area (TPSA) is 17.1 Å².